The summed E-state index contributed by atoms with van der Waals surface area (Å²) in [6.07, 6.45) is 1.57. The Kier molecular flexibility index (Phi) is 5.78. The predicted octanol–water partition coefficient (Wildman–Crippen LogP) is 3.29. The van der Waals surface area contributed by atoms with E-state index in [0.717, 1.165) is 5.56 Å². The molecule has 126 valence electrons. The van der Waals surface area contributed by atoms with Gasteiger partial charge in [-0.3, -0.25) is 5.32 Å². The number of urea groups is 1. The molecule has 24 heavy (non-hydrogen) atoms. The second-order valence-corrected chi connectivity index (χ2v) is 5.08. The van der Waals surface area contributed by atoms with Crippen LogP contribution in [0.3, 0.4) is 0 Å². The minimum absolute atomic E-state index is 0.0465. The summed E-state index contributed by atoms with van der Waals surface area (Å²) in [4.78, 5) is 11.1. The summed E-state index contributed by atoms with van der Waals surface area (Å²) in [5.41, 5.74) is 1.01. The van der Waals surface area contributed by atoms with Gasteiger partial charge in [-0.25, -0.2) is 4.79 Å². The predicted molar refractivity (Wildman–Crippen MR) is 90.9 cm³/mol. The Labute approximate surface area is 140 Å². The summed E-state index contributed by atoms with van der Waals surface area (Å²) in [7, 11) is 0. The van der Waals surface area contributed by atoms with Crippen molar-refractivity contribution in [3.8, 4) is 11.5 Å². The summed E-state index contributed by atoms with van der Waals surface area (Å²) >= 11 is 0. The first-order valence-corrected chi connectivity index (χ1v) is 7.46. The van der Waals surface area contributed by atoms with E-state index in [9.17, 15) is 4.79 Å². The first-order valence-electron chi connectivity index (χ1n) is 7.46. The molecule has 0 fully saturated rings. The molecule has 0 atom stereocenters. The van der Waals surface area contributed by atoms with Gasteiger partial charge < -0.3 is 9.47 Å². The van der Waals surface area contributed by atoms with Crippen LogP contribution in [-0.2, 0) is 0 Å². The third-order valence-electron chi connectivity index (χ3n) is 2.76. The number of amidine groups is 1. The molecule has 0 unspecified atom stereocenters. The van der Waals surface area contributed by atoms with Crippen molar-refractivity contribution in [3.63, 3.8) is 0 Å². The van der Waals surface area contributed by atoms with E-state index in [2.05, 4.69) is 32.3 Å². The highest BCUT2D eigenvalue weighted by molar-refractivity contribution is 6.08. The van der Waals surface area contributed by atoms with Crippen LogP contribution in [-0.4, -0.2) is 30.8 Å². The highest BCUT2D eigenvalue weighted by atomic mass is 16.5. The maximum atomic E-state index is 11.1. The lowest BCUT2D eigenvalue weighted by Crippen LogP contribution is -2.31. The number of rotatable bonds is 6. The van der Waals surface area contributed by atoms with Crippen LogP contribution in [0.25, 0.3) is 0 Å². The van der Waals surface area contributed by atoms with Crippen molar-refractivity contribution < 1.29 is 14.3 Å². The number of nitrogens with zero attached hydrogens (tertiary/aromatic N) is 4. The van der Waals surface area contributed by atoms with Crippen LogP contribution in [0.2, 0.25) is 0 Å². The summed E-state index contributed by atoms with van der Waals surface area (Å²) in [6.45, 7) is 9.94. The number of hydrogen-bond acceptors (Lipinski definition) is 6. The second kappa shape index (κ2) is 8.00. The molecule has 1 N–H and O–H groups in total. The number of benzene rings is 1. The van der Waals surface area contributed by atoms with Crippen LogP contribution in [0, 0.1) is 0 Å². The highest BCUT2D eigenvalue weighted by Gasteiger charge is 2.14. The van der Waals surface area contributed by atoms with Crippen LogP contribution in [0.5, 0.6) is 11.5 Å². The van der Waals surface area contributed by atoms with E-state index in [4.69, 9.17) is 9.47 Å². The summed E-state index contributed by atoms with van der Waals surface area (Å²) in [5, 5.41) is 17.1. The molecule has 0 aromatic heterocycles. The zero-order chi connectivity index (χ0) is 17.5. The molecular formula is C16H19N5O3. The van der Waals surface area contributed by atoms with E-state index < -0.39 is 6.03 Å². The molecule has 0 saturated heterocycles. The van der Waals surface area contributed by atoms with Crippen LogP contribution >= 0.6 is 0 Å². The van der Waals surface area contributed by atoms with E-state index in [1.54, 1.807) is 6.07 Å². The molecule has 0 aliphatic carbocycles. The number of carbonyl (C=O) groups is 1. The Bertz CT molecular complexity index is 722. The number of carbonyl (C=O) groups excluding carboxylic acids is 1. The Morgan fingerprint density at radius 1 is 1.33 bits per heavy atom. The molecule has 0 spiro atoms. The fraction of sp³-hybridized carbons (Fsp3) is 0.312. The summed E-state index contributed by atoms with van der Waals surface area (Å²) < 4.78 is 11.3. The molecule has 1 aromatic carbocycles. The van der Waals surface area contributed by atoms with E-state index in [1.807, 2.05) is 32.9 Å². The van der Waals surface area contributed by atoms with E-state index in [0.29, 0.717) is 18.1 Å². The van der Waals surface area contributed by atoms with Gasteiger partial charge in [0.1, 0.15) is 5.70 Å². The molecule has 0 radical (unpaired) electrons. The van der Waals surface area contributed by atoms with Gasteiger partial charge in [0.25, 0.3) is 0 Å². The highest BCUT2D eigenvalue weighted by Crippen LogP contribution is 2.29. The van der Waals surface area contributed by atoms with Crippen molar-refractivity contribution in [1.29, 1.82) is 0 Å². The quantitative estimate of drug-likeness (QED) is 0.640. The first kappa shape index (κ1) is 17.3. The average Bonchev–Trinajstić information content (AvgIpc) is 2.53. The molecule has 1 aliphatic heterocycles. The number of azo groups is 1. The molecule has 8 heteroatoms. The average molecular weight is 329 g/mol. The van der Waals surface area contributed by atoms with E-state index >= 15 is 0 Å². The first-order chi connectivity index (χ1) is 11.5. The Morgan fingerprint density at radius 3 is 2.83 bits per heavy atom. The smallest absolute Gasteiger partial charge is 0.365 e. The maximum Gasteiger partial charge on any atom is 0.365 e. The standard InChI is InChI=1S/C16H19N5O3/c1-5-23-14-8-12(6-7-13(14)24-10(2)3)9-17-20-15-11(4)19-21-16(22)18-15/h6-10H,4-5H2,1-3H3,(H,18,20,22)/b17-9+. The molecule has 1 aromatic rings. The lowest BCUT2D eigenvalue weighted by Gasteiger charge is -2.14. The van der Waals surface area contributed by atoms with Gasteiger partial charge in [0.05, 0.1) is 18.9 Å². The number of hydrogen-bond donors (Lipinski definition) is 1. The SMILES string of the molecule is C=C1N=NC(=O)N/C1=N/N=C/c1ccc(OC(C)C)c(OCC)c1. The third kappa shape index (κ3) is 4.73. The zero-order valence-corrected chi connectivity index (χ0v) is 13.8. The zero-order valence-electron chi connectivity index (χ0n) is 13.8. The normalized spacial score (nSPS) is 16.1. The molecular weight excluding hydrogens is 310 g/mol. The maximum absolute atomic E-state index is 11.1. The van der Waals surface area contributed by atoms with Gasteiger partial charge in [0.2, 0.25) is 0 Å². The Balaban J connectivity index is 2.17. The molecule has 8 nitrogen and oxygen atoms in total. The topological polar surface area (TPSA) is 97.0 Å². The van der Waals surface area contributed by atoms with Crippen molar-refractivity contribution in [2.45, 2.75) is 26.9 Å². The fourth-order valence-corrected chi connectivity index (χ4v) is 1.81. The van der Waals surface area contributed by atoms with Crippen LogP contribution in [0.1, 0.15) is 26.3 Å². The molecule has 2 amide bonds. The number of ether oxygens (including phenoxy) is 2. The van der Waals surface area contributed by atoms with Gasteiger partial charge in [-0.1, -0.05) is 11.7 Å². The Hall–Kier alpha value is -3.03. The monoisotopic (exact) mass is 329 g/mol. The van der Waals surface area contributed by atoms with Gasteiger partial charge in [-0.2, -0.15) is 5.10 Å². The van der Waals surface area contributed by atoms with Crippen molar-refractivity contribution in [2.24, 2.45) is 20.4 Å². The van der Waals surface area contributed by atoms with Crippen LogP contribution < -0.4 is 14.8 Å². The lowest BCUT2D eigenvalue weighted by atomic mass is 10.2. The summed E-state index contributed by atoms with van der Waals surface area (Å²) in [5.74, 6) is 1.46. The second-order valence-electron chi connectivity index (χ2n) is 5.08. The summed E-state index contributed by atoms with van der Waals surface area (Å²) in [6, 6.07) is 4.84. The van der Waals surface area contributed by atoms with Gasteiger partial charge >= 0.3 is 6.03 Å². The third-order valence-corrected chi connectivity index (χ3v) is 2.76. The number of nitrogens with one attached hydrogen (secondary N) is 1. The van der Waals surface area contributed by atoms with Gasteiger partial charge in [0.15, 0.2) is 17.3 Å². The van der Waals surface area contributed by atoms with Gasteiger partial charge in [-0.15, -0.1) is 10.2 Å². The van der Waals surface area contributed by atoms with Crippen LogP contribution in [0.15, 0.2) is 50.9 Å². The van der Waals surface area contributed by atoms with E-state index in [-0.39, 0.29) is 17.6 Å². The largest absolute Gasteiger partial charge is 0.490 e. The van der Waals surface area contributed by atoms with Gasteiger partial charge in [-0.05, 0) is 44.5 Å². The van der Waals surface area contributed by atoms with Crippen molar-refractivity contribution in [1.82, 2.24) is 5.32 Å². The van der Waals surface area contributed by atoms with Crippen molar-refractivity contribution in [3.05, 3.63) is 36.0 Å². The molecule has 2 rings (SSSR count). The Morgan fingerprint density at radius 2 is 2.12 bits per heavy atom. The molecule has 0 saturated carbocycles. The van der Waals surface area contributed by atoms with Crippen LogP contribution in [0.4, 0.5) is 4.79 Å². The van der Waals surface area contributed by atoms with Gasteiger partial charge in [0, 0.05) is 0 Å². The lowest BCUT2D eigenvalue weighted by molar-refractivity contribution is 0.224. The van der Waals surface area contributed by atoms with E-state index in [1.165, 1.54) is 6.21 Å². The fourth-order valence-electron chi connectivity index (χ4n) is 1.81. The molecule has 0 bridgehead atoms. The van der Waals surface area contributed by atoms with Crippen molar-refractivity contribution in [2.75, 3.05) is 6.61 Å². The minimum Gasteiger partial charge on any atom is -0.490 e. The molecule has 1 aliphatic rings. The molecule has 1 heterocycles. The van der Waals surface area contributed by atoms with Crippen molar-refractivity contribution >= 4 is 18.1 Å². The number of amides is 2. The minimum atomic E-state index is -0.606.